The summed E-state index contributed by atoms with van der Waals surface area (Å²) < 4.78 is 5.59. The minimum absolute atomic E-state index is 0.0205. The molecule has 2 heterocycles. The molecule has 0 saturated carbocycles. The number of hydrogen-bond acceptors (Lipinski definition) is 5. The van der Waals surface area contributed by atoms with Crippen LogP contribution < -0.4 is 20.7 Å². The Hall–Kier alpha value is -2.83. The highest BCUT2D eigenvalue weighted by Crippen LogP contribution is 2.31. The van der Waals surface area contributed by atoms with Crippen LogP contribution >= 0.6 is 0 Å². The zero-order chi connectivity index (χ0) is 15.9. The number of amides is 2. The molecule has 0 radical (unpaired) electrons. The zero-order valence-corrected chi connectivity index (χ0v) is 12.7. The standard InChI is InChI=1S/C16H19N5O2/c22-16(20-9-8-19-15-11-17-6-7-18-15)21-13-5-10-23-14-4-2-1-3-12(13)14/h1-4,6-7,11,13H,5,8-10H2,(H,18,19)(H2,20,21,22). The van der Waals surface area contributed by atoms with Crippen LogP contribution in [-0.4, -0.2) is 35.7 Å². The molecule has 120 valence electrons. The fourth-order valence-corrected chi connectivity index (χ4v) is 2.46. The van der Waals surface area contributed by atoms with Crippen molar-refractivity contribution in [2.75, 3.05) is 25.0 Å². The summed E-state index contributed by atoms with van der Waals surface area (Å²) in [7, 11) is 0. The number of carbonyl (C=O) groups excluding carboxylic acids is 1. The number of rotatable bonds is 5. The molecule has 0 aliphatic carbocycles. The van der Waals surface area contributed by atoms with Gasteiger partial charge < -0.3 is 20.7 Å². The number of nitrogens with one attached hydrogen (secondary N) is 3. The maximum Gasteiger partial charge on any atom is 0.315 e. The summed E-state index contributed by atoms with van der Waals surface area (Å²) in [6, 6.07) is 7.58. The maximum atomic E-state index is 12.0. The van der Waals surface area contributed by atoms with E-state index < -0.39 is 0 Å². The molecule has 1 atom stereocenters. The van der Waals surface area contributed by atoms with Crippen molar-refractivity contribution in [1.29, 1.82) is 0 Å². The summed E-state index contributed by atoms with van der Waals surface area (Å²) in [6.07, 6.45) is 5.63. The van der Waals surface area contributed by atoms with Gasteiger partial charge in [0.05, 0.1) is 18.8 Å². The molecule has 0 fully saturated rings. The molecular formula is C16H19N5O2. The van der Waals surface area contributed by atoms with E-state index in [0.717, 1.165) is 17.7 Å². The number of urea groups is 1. The van der Waals surface area contributed by atoms with E-state index in [2.05, 4.69) is 25.9 Å². The largest absolute Gasteiger partial charge is 0.493 e. The first kappa shape index (κ1) is 15.1. The van der Waals surface area contributed by atoms with Gasteiger partial charge in [-0.25, -0.2) is 9.78 Å². The lowest BCUT2D eigenvalue weighted by Crippen LogP contribution is -2.41. The van der Waals surface area contributed by atoms with E-state index in [9.17, 15) is 4.79 Å². The van der Waals surface area contributed by atoms with Crippen LogP contribution in [0.15, 0.2) is 42.9 Å². The van der Waals surface area contributed by atoms with Crippen LogP contribution in [0.25, 0.3) is 0 Å². The van der Waals surface area contributed by atoms with Crippen molar-refractivity contribution in [2.45, 2.75) is 12.5 Å². The van der Waals surface area contributed by atoms with Crippen LogP contribution in [0.2, 0.25) is 0 Å². The number of ether oxygens (including phenoxy) is 1. The summed E-state index contributed by atoms with van der Waals surface area (Å²) in [5.41, 5.74) is 1.02. The Balaban J connectivity index is 1.43. The van der Waals surface area contributed by atoms with E-state index in [4.69, 9.17) is 4.74 Å². The molecule has 1 aliphatic rings. The van der Waals surface area contributed by atoms with Crippen LogP contribution in [0.5, 0.6) is 5.75 Å². The number of nitrogens with zero attached hydrogens (tertiary/aromatic N) is 2. The lowest BCUT2D eigenvalue weighted by atomic mass is 10.0. The van der Waals surface area contributed by atoms with Gasteiger partial charge in [0.15, 0.2) is 0 Å². The quantitative estimate of drug-likeness (QED) is 0.731. The second kappa shape index (κ2) is 7.44. The molecule has 3 N–H and O–H groups in total. The Labute approximate surface area is 134 Å². The van der Waals surface area contributed by atoms with E-state index in [1.807, 2.05) is 24.3 Å². The van der Waals surface area contributed by atoms with Gasteiger partial charge in [0.1, 0.15) is 11.6 Å². The number of benzene rings is 1. The molecule has 1 aromatic carbocycles. The van der Waals surface area contributed by atoms with Gasteiger partial charge in [0.25, 0.3) is 0 Å². The Kier molecular flexibility index (Phi) is 4.88. The van der Waals surface area contributed by atoms with Gasteiger partial charge in [0, 0.05) is 37.5 Å². The van der Waals surface area contributed by atoms with Crippen molar-refractivity contribution in [3.8, 4) is 5.75 Å². The first-order valence-corrected chi connectivity index (χ1v) is 7.59. The van der Waals surface area contributed by atoms with Gasteiger partial charge in [-0.15, -0.1) is 0 Å². The maximum absolute atomic E-state index is 12.0. The summed E-state index contributed by atoms with van der Waals surface area (Å²) in [5, 5.41) is 8.90. The third-order valence-electron chi connectivity index (χ3n) is 3.54. The Morgan fingerprint density at radius 2 is 2.17 bits per heavy atom. The van der Waals surface area contributed by atoms with Crippen molar-refractivity contribution in [2.24, 2.45) is 0 Å². The normalized spacial score (nSPS) is 15.9. The molecule has 0 spiro atoms. The van der Waals surface area contributed by atoms with E-state index in [1.54, 1.807) is 18.6 Å². The molecule has 0 saturated heterocycles. The van der Waals surface area contributed by atoms with Gasteiger partial charge >= 0.3 is 6.03 Å². The van der Waals surface area contributed by atoms with E-state index in [-0.39, 0.29) is 12.1 Å². The number of para-hydroxylation sites is 1. The lowest BCUT2D eigenvalue weighted by molar-refractivity contribution is 0.223. The predicted octanol–water partition coefficient (Wildman–Crippen LogP) is 1.71. The van der Waals surface area contributed by atoms with Crippen LogP contribution in [0, 0.1) is 0 Å². The lowest BCUT2D eigenvalue weighted by Gasteiger charge is -2.26. The average Bonchev–Trinajstić information content (AvgIpc) is 2.60. The number of anilines is 1. The number of aromatic nitrogens is 2. The van der Waals surface area contributed by atoms with Crippen molar-refractivity contribution in [3.05, 3.63) is 48.4 Å². The second-order valence-electron chi connectivity index (χ2n) is 5.15. The average molecular weight is 313 g/mol. The van der Waals surface area contributed by atoms with Crippen LogP contribution in [0.4, 0.5) is 10.6 Å². The highest BCUT2D eigenvalue weighted by Gasteiger charge is 2.22. The molecule has 1 unspecified atom stereocenters. The van der Waals surface area contributed by atoms with Crippen molar-refractivity contribution in [3.63, 3.8) is 0 Å². The fraction of sp³-hybridized carbons (Fsp3) is 0.312. The van der Waals surface area contributed by atoms with Crippen LogP contribution in [0.3, 0.4) is 0 Å². The van der Waals surface area contributed by atoms with E-state index in [0.29, 0.717) is 25.5 Å². The van der Waals surface area contributed by atoms with Gasteiger partial charge in [-0.2, -0.15) is 0 Å². The molecule has 23 heavy (non-hydrogen) atoms. The van der Waals surface area contributed by atoms with E-state index in [1.165, 1.54) is 0 Å². The third-order valence-corrected chi connectivity index (χ3v) is 3.54. The molecule has 7 nitrogen and oxygen atoms in total. The van der Waals surface area contributed by atoms with Gasteiger partial charge in [0.2, 0.25) is 0 Å². The van der Waals surface area contributed by atoms with Crippen molar-refractivity contribution >= 4 is 11.8 Å². The smallest absolute Gasteiger partial charge is 0.315 e. The Morgan fingerprint density at radius 1 is 1.26 bits per heavy atom. The fourth-order valence-electron chi connectivity index (χ4n) is 2.46. The van der Waals surface area contributed by atoms with Gasteiger partial charge in [-0.3, -0.25) is 4.98 Å². The Morgan fingerprint density at radius 3 is 3.04 bits per heavy atom. The zero-order valence-electron chi connectivity index (χ0n) is 12.7. The minimum Gasteiger partial charge on any atom is -0.493 e. The topological polar surface area (TPSA) is 88.2 Å². The molecule has 1 aromatic heterocycles. The van der Waals surface area contributed by atoms with Gasteiger partial charge in [-0.1, -0.05) is 18.2 Å². The first-order valence-electron chi connectivity index (χ1n) is 7.59. The SMILES string of the molecule is O=C(NCCNc1cnccn1)NC1CCOc2ccccc21. The number of carbonyl (C=O) groups is 1. The molecule has 2 aromatic rings. The first-order chi connectivity index (χ1) is 11.3. The van der Waals surface area contributed by atoms with Crippen LogP contribution in [0.1, 0.15) is 18.0 Å². The summed E-state index contributed by atoms with van der Waals surface area (Å²) in [5.74, 6) is 1.53. The second-order valence-corrected chi connectivity index (χ2v) is 5.15. The van der Waals surface area contributed by atoms with Crippen molar-refractivity contribution in [1.82, 2.24) is 20.6 Å². The van der Waals surface area contributed by atoms with E-state index >= 15 is 0 Å². The molecule has 0 bridgehead atoms. The van der Waals surface area contributed by atoms with Gasteiger partial charge in [-0.05, 0) is 6.07 Å². The molecule has 3 rings (SSSR count). The summed E-state index contributed by atoms with van der Waals surface area (Å²) >= 11 is 0. The minimum atomic E-state index is -0.187. The summed E-state index contributed by atoms with van der Waals surface area (Å²) in [4.78, 5) is 20.1. The van der Waals surface area contributed by atoms with Crippen LogP contribution in [-0.2, 0) is 0 Å². The number of fused-ring (bicyclic) bond motifs is 1. The highest BCUT2D eigenvalue weighted by atomic mass is 16.5. The molecule has 7 heteroatoms. The highest BCUT2D eigenvalue weighted by molar-refractivity contribution is 5.74. The Bertz CT molecular complexity index is 650. The third kappa shape index (κ3) is 4.09. The van der Waals surface area contributed by atoms with Crippen molar-refractivity contribution < 1.29 is 9.53 Å². The predicted molar refractivity (Wildman–Crippen MR) is 86.4 cm³/mol. The number of hydrogen-bond donors (Lipinski definition) is 3. The monoisotopic (exact) mass is 313 g/mol. The molecule has 1 aliphatic heterocycles. The molecular weight excluding hydrogens is 294 g/mol. The summed E-state index contributed by atoms with van der Waals surface area (Å²) in [6.45, 7) is 1.68. The molecule has 2 amide bonds.